The van der Waals surface area contributed by atoms with E-state index in [0.717, 1.165) is 17.6 Å². The normalized spacial score (nSPS) is 20.1. The summed E-state index contributed by atoms with van der Waals surface area (Å²) in [6.07, 6.45) is 2.44. The molecule has 1 saturated heterocycles. The molecule has 0 aromatic heterocycles. The fraction of sp³-hybridized carbons (Fsp3) is 0.462. The van der Waals surface area contributed by atoms with Gasteiger partial charge in [-0.15, -0.1) is 0 Å². The first-order valence-electron chi connectivity index (χ1n) is 5.86. The monoisotopic (exact) mass is 293 g/mol. The summed E-state index contributed by atoms with van der Waals surface area (Å²) in [4.78, 5) is 2.37. The number of nitrogens with zero attached hydrogens (tertiary/aromatic N) is 2. The summed E-state index contributed by atoms with van der Waals surface area (Å²) in [5.41, 5.74) is 1.88. The van der Waals surface area contributed by atoms with E-state index in [1.807, 2.05) is 25.2 Å². The predicted octanol–water partition coefficient (Wildman–Crippen LogP) is 2.51. The second-order valence-electron chi connectivity index (χ2n) is 4.35. The molecule has 1 aromatic carbocycles. The van der Waals surface area contributed by atoms with Crippen LogP contribution in [-0.4, -0.2) is 26.2 Å². The predicted molar refractivity (Wildman–Crippen MR) is 73.2 cm³/mol. The van der Waals surface area contributed by atoms with Crippen LogP contribution in [0.25, 0.3) is 0 Å². The third-order valence-electron chi connectivity index (χ3n) is 3.25. The van der Waals surface area contributed by atoms with E-state index in [1.165, 1.54) is 18.5 Å². The maximum absolute atomic E-state index is 8.85. The summed E-state index contributed by atoms with van der Waals surface area (Å²) in [6.45, 7) is 2.11. The van der Waals surface area contributed by atoms with Gasteiger partial charge in [0.25, 0.3) is 0 Å². The molecule has 1 aliphatic rings. The molecule has 90 valence electrons. The third-order valence-corrected chi connectivity index (χ3v) is 3.88. The number of benzene rings is 1. The third kappa shape index (κ3) is 2.80. The van der Waals surface area contributed by atoms with Crippen LogP contribution in [0.4, 0.5) is 5.69 Å². The largest absolute Gasteiger partial charge is 0.369 e. The van der Waals surface area contributed by atoms with Gasteiger partial charge in [-0.3, -0.25) is 0 Å². The Labute approximate surface area is 111 Å². The van der Waals surface area contributed by atoms with E-state index < -0.39 is 0 Å². The van der Waals surface area contributed by atoms with Gasteiger partial charge in [-0.25, -0.2) is 0 Å². The number of hydrogen-bond donors (Lipinski definition) is 1. The topological polar surface area (TPSA) is 39.1 Å². The van der Waals surface area contributed by atoms with Crippen LogP contribution in [0.15, 0.2) is 22.7 Å². The van der Waals surface area contributed by atoms with Gasteiger partial charge in [0.2, 0.25) is 0 Å². The van der Waals surface area contributed by atoms with Crippen molar-refractivity contribution >= 4 is 21.6 Å². The molecule has 1 atom stereocenters. The van der Waals surface area contributed by atoms with E-state index in [9.17, 15) is 0 Å². The van der Waals surface area contributed by atoms with Gasteiger partial charge in [-0.05, 0) is 54.0 Å². The number of piperidine rings is 1. The van der Waals surface area contributed by atoms with Crippen molar-refractivity contribution in [1.29, 1.82) is 5.26 Å². The zero-order valence-electron chi connectivity index (χ0n) is 9.91. The Morgan fingerprint density at radius 1 is 1.53 bits per heavy atom. The molecule has 1 fully saturated rings. The lowest BCUT2D eigenvalue weighted by Crippen LogP contribution is -2.44. The zero-order chi connectivity index (χ0) is 12.3. The van der Waals surface area contributed by atoms with E-state index in [-0.39, 0.29) is 0 Å². The number of anilines is 1. The average molecular weight is 294 g/mol. The Balaban J connectivity index is 2.19. The highest BCUT2D eigenvalue weighted by atomic mass is 79.9. The summed E-state index contributed by atoms with van der Waals surface area (Å²) in [5.74, 6) is 0. The molecule has 1 heterocycles. The van der Waals surface area contributed by atoms with E-state index in [2.05, 4.69) is 32.2 Å². The van der Waals surface area contributed by atoms with E-state index in [1.54, 1.807) is 0 Å². The van der Waals surface area contributed by atoms with Gasteiger partial charge in [0.1, 0.15) is 0 Å². The summed E-state index contributed by atoms with van der Waals surface area (Å²) < 4.78 is 1.01. The van der Waals surface area contributed by atoms with Crippen molar-refractivity contribution < 1.29 is 0 Å². The first-order valence-corrected chi connectivity index (χ1v) is 6.65. The Hall–Kier alpha value is -1.05. The minimum Gasteiger partial charge on any atom is -0.369 e. The molecule has 1 unspecified atom stereocenters. The zero-order valence-corrected chi connectivity index (χ0v) is 11.5. The van der Waals surface area contributed by atoms with Crippen LogP contribution in [0.3, 0.4) is 0 Å². The molecule has 1 N–H and O–H groups in total. The van der Waals surface area contributed by atoms with Gasteiger partial charge >= 0.3 is 0 Å². The highest BCUT2D eigenvalue weighted by molar-refractivity contribution is 9.10. The van der Waals surface area contributed by atoms with Crippen LogP contribution in [0, 0.1) is 11.3 Å². The SMILES string of the molecule is CNC1CCCN(c2ccc(C#N)cc2Br)C1. The van der Waals surface area contributed by atoms with Crippen molar-refractivity contribution in [3.05, 3.63) is 28.2 Å². The van der Waals surface area contributed by atoms with Gasteiger partial charge in [-0.1, -0.05) is 0 Å². The molecular formula is C13H16BrN3. The number of rotatable bonds is 2. The highest BCUT2D eigenvalue weighted by Gasteiger charge is 2.20. The Morgan fingerprint density at radius 3 is 3.00 bits per heavy atom. The molecule has 0 aliphatic carbocycles. The van der Waals surface area contributed by atoms with Crippen LogP contribution < -0.4 is 10.2 Å². The molecule has 4 heteroatoms. The lowest BCUT2D eigenvalue weighted by atomic mass is 10.0. The van der Waals surface area contributed by atoms with E-state index in [4.69, 9.17) is 5.26 Å². The lowest BCUT2D eigenvalue weighted by Gasteiger charge is -2.34. The molecule has 0 spiro atoms. The number of likely N-dealkylation sites (N-methyl/N-ethyl adjacent to an activating group) is 1. The summed E-state index contributed by atoms with van der Waals surface area (Å²) in [5, 5.41) is 12.2. The van der Waals surface area contributed by atoms with Crippen molar-refractivity contribution in [2.45, 2.75) is 18.9 Å². The maximum Gasteiger partial charge on any atom is 0.0992 e. The Morgan fingerprint density at radius 2 is 2.35 bits per heavy atom. The van der Waals surface area contributed by atoms with E-state index >= 15 is 0 Å². The molecule has 17 heavy (non-hydrogen) atoms. The molecule has 0 bridgehead atoms. The fourth-order valence-corrected chi connectivity index (χ4v) is 2.89. The van der Waals surface area contributed by atoms with E-state index in [0.29, 0.717) is 11.6 Å². The molecule has 3 nitrogen and oxygen atoms in total. The molecule has 1 aliphatic heterocycles. The minimum atomic E-state index is 0.561. The average Bonchev–Trinajstić information content (AvgIpc) is 2.38. The maximum atomic E-state index is 8.85. The molecule has 0 saturated carbocycles. The van der Waals surface area contributed by atoms with Crippen molar-refractivity contribution in [2.24, 2.45) is 0 Å². The summed E-state index contributed by atoms with van der Waals surface area (Å²) in [6, 6.07) is 8.51. The fourth-order valence-electron chi connectivity index (χ4n) is 2.26. The van der Waals surface area contributed by atoms with Crippen molar-refractivity contribution in [2.75, 3.05) is 25.0 Å². The van der Waals surface area contributed by atoms with Crippen LogP contribution >= 0.6 is 15.9 Å². The van der Waals surface area contributed by atoms with Gasteiger partial charge in [0, 0.05) is 23.6 Å². The summed E-state index contributed by atoms with van der Waals surface area (Å²) in [7, 11) is 2.02. The smallest absolute Gasteiger partial charge is 0.0992 e. The van der Waals surface area contributed by atoms with Gasteiger partial charge in [-0.2, -0.15) is 5.26 Å². The van der Waals surface area contributed by atoms with Crippen LogP contribution in [0.1, 0.15) is 18.4 Å². The second kappa shape index (κ2) is 5.52. The summed E-state index contributed by atoms with van der Waals surface area (Å²) >= 11 is 3.55. The number of nitrogens with one attached hydrogen (secondary N) is 1. The standard InChI is InChI=1S/C13H16BrN3/c1-16-11-3-2-6-17(9-11)13-5-4-10(8-15)7-12(13)14/h4-5,7,11,16H,2-3,6,9H2,1H3. The first-order chi connectivity index (χ1) is 8.24. The van der Waals surface area contributed by atoms with Crippen molar-refractivity contribution in [3.63, 3.8) is 0 Å². The lowest BCUT2D eigenvalue weighted by molar-refractivity contribution is 0.449. The van der Waals surface area contributed by atoms with Gasteiger partial charge in [0.15, 0.2) is 0 Å². The molecule has 2 rings (SSSR count). The minimum absolute atomic E-state index is 0.561. The Bertz CT molecular complexity index is 439. The molecular weight excluding hydrogens is 278 g/mol. The second-order valence-corrected chi connectivity index (χ2v) is 5.21. The quantitative estimate of drug-likeness (QED) is 0.911. The van der Waals surface area contributed by atoms with Crippen LogP contribution in [0.2, 0.25) is 0 Å². The van der Waals surface area contributed by atoms with Crippen molar-refractivity contribution in [3.8, 4) is 6.07 Å². The van der Waals surface area contributed by atoms with Gasteiger partial charge < -0.3 is 10.2 Å². The number of nitriles is 1. The van der Waals surface area contributed by atoms with Crippen LogP contribution in [0.5, 0.6) is 0 Å². The highest BCUT2D eigenvalue weighted by Crippen LogP contribution is 2.29. The van der Waals surface area contributed by atoms with Gasteiger partial charge in [0.05, 0.1) is 17.3 Å². The number of hydrogen-bond acceptors (Lipinski definition) is 3. The number of halogens is 1. The first kappa shape index (κ1) is 12.4. The molecule has 0 radical (unpaired) electrons. The van der Waals surface area contributed by atoms with Crippen molar-refractivity contribution in [1.82, 2.24) is 5.32 Å². The van der Waals surface area contributed by atoms with Crippen LogP contribution in [-0.2, 0) is 0 Å². The molecule has 0 amide bonds. The molecule has 1 aromatic rings. The Kier molecular flexibility index (Phi) is 4.03.